The van der Waals surface area contributed by atoms with E-state index in [0.29, 0.717) is 6.47 Å². The van der Waals surface area contributed by atoms with E-state index >= 15 is 0 Å². The molecule has 0 saturated heterocycles. The first kappa shape index (κ1) is 19.6. The van der Waals surface area contributed by atoms with Crippen molar-refractivity contribution >= 4 is 13.6 Å². The zero-order chi connectivity index (χ0) is 15.5. The van der Waals surface area contributed by atoms with Crippen molar-refractivity contribution in [3.8, 4) is 0 Å². The van der Waals surface area contributed by atoms with Gasteiger partial charge in [-0.25, -0.2) is 15.3 Å². The van der Waals surface area contributed by atoms with E-state index in [9.17, 15) is 0 Å². The van der Waals surface area contributed by atoms with Crippen LogP contribution < -0.4 is 0 Å². The van der Waals surface area contributed by atoms with Gasteiger partial charge in [0.05, 0.1) is 0 Å². The maximum absolute atomic E-state index is 8.24. The first-order valence-electron chi connectivity index (χ1n) is 5.56. The first-order valence-corrected chi connectivity index (χ1v) is 5.56. The second-order valence-corrected chi connectivity index (χ2v) is 3.40. The maximum atomic E-state index is 8.24. The fraction of sp³-hybridized carbons (Fsp3) is 0. The second-order valence-electron chi connectivity index (χ2n) is 3.40. The van der Waals surface area contributed by atoms with E-state index in [1.165, 1.54) is 0 Å². The summed E-state index contributed by atoms with van der Waals surface area (Å²) in [4.78, 5) is 8.24. The van der Waals surface area contributed by atoms with E-state index in [4.69, 9.17) is 14.6 Å². The summed E-state index contributed by atoms with van der Waals surface area (Å²) >= 11 is 0. The maximum Gasteiger partial charge on any atom is 0.260 e. The van der Waals surface area contributed by atoms with Crippen molar-refractivity contribution in [3.05, 3.63) is 62.0 Å². The van der Waals surface area contributed by atoms with Crippen LogP contribution in [-0.2, 0) is 29.6 Å². The number of hydrogen-bond acceptors (Lipinski definition) is 4. The van der Waals surface area contributed by atoms with E-state index < -0.39 is 0 Å². The molecule has 0 aliphatic heterocycles. The topological polar surface area (TPSA) is 111 Å². The standard InChI is InChI=1S/C9H9BN6.CHO2.CO.Ir/c1-4-11-14(7-1)10(15-8-2-5-12-15)16-9-3-6-13-16;2-1-3;1-2;/h1-9H;(H,2,3);;/q2*-1;;. The SMILES string of the molecule is O=[C-]O.[C-]#[O+].[Ir].c1cnn([B-](n2cccn2)n2cccn2)c1. The van der Waals surface area contributed by atoms with Crippen LogP contribution >= 0.6 is 0 Å². The molecular formula is C11H10BIrN6O3-2. The molecule has 3 aromatic heterocycles. The minimum absolute atomic E-state index is 0. The quantitative estimate of drug-likeness (QED) is 0.319. The molecule has 3 aromatic rings. The van der Waals surface area contributed by atoms with Crippen LogP contribution in [0.25, 0.3) is 0 Å². The van der Waals surface area contributed by atoms with Crippen LogP contribution in [0.2, 0.25) is 0 Å². The van der Waals surface area contributed by atoms with Crippen LogP contribution in [0.15, 0.2) is 55.4 Å². The summed E-state index contributed by atoms with van der Waals surface area (Å²) in [5.74, 6) is 0. The summed E-state index contributed by atoms with van der Waals surface area (Å²) in [6, 6.07) is 5.62. The molecule has 2 radical (unpaired) electrons. The molecule has 3 heterocycles. The molecule has 0 amide bonds. The normalized spacial score (nSPS) is 8.68. The van der Waals surface area contributed by atoms with Gasteiger partial charge in [-0.05, 0) is 36.8 Å². The molecule has 1 N–H and O–H groups in total. The molecule has 0 aliphatic carbocycles. The molecule has 0 unspecified atom stereocenters. The van der Waals surface area contributed by atoms with Crippen LogP contribution in [0.4, 0.5) is 0 Å². The number of rotatable bonds is 3. The molecule has 0 saturated carbocycles. The van der Waals surface area contributed by atoms with Gasteiger partial charge in [-0.1, -0.05) is 6.47 Å². The third kappa shape index (κ3) is 5.15. The average Bonchev–Trinajstić information content (AvgIpc) is 3.27. The van der Waals surface area contributed by atoms with E-state index in [1.807, 2.05) is 36.8 Å². The Labute approximate surface area is 139 Å². The van der Waals surface area contributed by atoms with Crippen molar-refractivity contribution in [2.45, 2.75) is 0 Å². The third-order valence-electron chi connectivity index (χ3n) is 2.28. The Morgan fingerprint density at radius 1 is 0.909 bits per heavy atom. The Morgan fingerprint density at radius 2 is 1.18 bits per heavy atom. The largest absolute Gasteiger partial charge is 0.425 e. The molecule has 0 bridgehead atoms. The predicted molar refractivity (Wildman–Crippen MR) is 70.9 cm³/mol. The molecule has 116 valence electrons. The number of hydrogen-bond donors (Lipinski definition) is 1. The monoisotopic (exact) mass is 478 g/mol. The minimum Gasteiger partial charge on any atom is -0.425 e. The van der Waals surface area contributed by atoms with Crippen molar-refractivity contribution in [2.75, 3.05) is 0 Å². The molecule has 3 rings (SSSR count). The average molecular weight is 477 g/mol. The van der Waals surface area contributed by atoms with Gasteiger partial charge in [0.2, 0.25) is 0 Å². The Kier molecular flexibility index (Phi) is 9.99. The van der Waals surface area contributed by atoms with E-state index in [0.717, 1.165) is 0 Å². The van der Waals surface area contributed by atoms with Crippen molar-refractivity contribution in [1.29, 1.82) is 0 Å². The summed E-state index contributed by atoms with van der Waals surface area (Å²) in [7, 11) is -0.194. The fourth-order valence-electron chi connectivity index (χ4n) is 1.62. The third-order valence-corrected chi connectivity index (χ3v) is 2.28. The van der Waals surface area contributed by atoms with Gasteiger partial charge in [0, 0.05) is 38.7 Å². The molecule has 22 heavy (non-hydrogen) atoms. The zero-order valence-electron chi connectivity index (χ0n) is 11.1. The molecular weight excluding hydrogens is 467 g/mol. The predicted octanol–water partition coefficient (Wildman–Crippen LogP) is -0.223. The first-order chi connectivity index (χ1) is 10.4. The summed E-state index contributed by atoms with van der Waals surface area (Å²) in [6.45, 7) is 5.00. The van der Waals surface area contributed by atoms with Gasteiger partial charge < -0.3 is 23.7 Å². The Morgan fingerprint density at radius 3 is 1.36 bits per heavy atom. The molecule has 0 aromatic carbocycles. The van der Waals surface area contributed by atoms with Crippen LogP contribution in [0.5, 0.6) is 0 Å². The van der Waals surface area contributed by atoms with Crippen molar-refractivity contribution in [3.63, 3.8) is 0 Å². The van der Waals surface area contributed by atoms with E-state index in [-0.39, 0.29) is 27.2 Å². The fourth-order valence-corrected chi connectivity index (χ4v) is 1.62. The summed E-state index contributed by atoms with van der Waals surface area (Å²) in [5, 5.41) is 19.4. The molecule has 0 spiro atoms. The molecule has 0 fully saturated rings. The van der Waals surface area contributed by atoms with Crippen LogP contribution in [0, 0.1) is 6.65 Å². The van der Waals surface area contributed by atoms with Gasteiger partial charge in [-0.2, -0.15) is 0 Å². The van der Waals surface area contributed by atoms with Crippen molar-refractivity contribution in [2.24, 2.45) is 0 Å². The van der Waals surface area contributed by atoms with Gasteiger partial charge in [-0.3, -0.25) is 0 Å². The molecule has 9 nitrogen and oxygen atoms in total. The van der Waals surface area contributed by atoms with E-state index in [2.05, 4.69) is 21.9 Å². The molecule has 0 atom stereocenters. The Hall–Kier alpha value is -2.45. The molecule has 0 aliphatic rings. The summed E-state index contributed by atoms with van der Waals surface area (Å²) < 4.78 is 12.9. The summed E-state index contributed by atoms with van der Waals surface area (Å²) in [6.07, 6.45) is 10.9. The van der Waals surface area contributed by atoms with Gasteiger partial charge in [0.1, 0.15) is 0 Å². The van der Waals surface area contributed by atoms with Crippen molar-refractivity contribution < 1.29 is 34.7 Å². The number of nitrogens with zero attached hydrogens (tertiary/aromatic N) is 6. The zero-order valence-corrected chi connectivity index (χ0v) is 13.4. The van der Waals surface area contributed by atoms with Gasteiger partial charge in [-0.15, -0.1) is 0 Å². The van der Waals surface area contributed by atoms with Crippen LogP contribution in [0.3, 0.4) is 0 Å². The number of aromatic nitrogens is 6. The summed E-state index contributed by atoms with van der Waals surface area (Å²) in [5.41, 5.74) is 0. The Balaban J connectivity index is 0.000000663. The van der Waals surface area contributed by atoms with Gasteiger partial charge >= 0.3 is 11.3 Å². The van der Waals surface area contributed by atoms with Crippen LogP contribution in [0.1, 0.15) is 0 Å². The number of aliphatic hydroxyl groups excluding tert-OH is 1. The molecule has 11 heteroatoms. The van der Waals surface area contributed by atoms with Gasteiger partial charge in [0.15, 0.2) is 0 Å². The smallest absolute Gasteiger partial charge is 0.260 e. The van der Waals surface area contributed by atoms with Gasteiger partial charge in [0.25, 0.3) is 7.12 Å². The van der Waals surface area contributed by atoms with E-state index in [1.54, 1.807) is 32.4 Å². The second kappa shape index (κ2) is 11.2. The van der Waals surface area contributed by atoms with Crippen LogP contribution in [-0.4, -0.2) is 47.8 Å². The van der Waals surface area contributed by atoms with Crippen molar-refractivity contribution in [1.82, 2.24) is 29.1 Å². The Bertz CT molecular complexity index is 545. The minimum atomic E-state index is -0.194.